The van der Waals surface area contributed by atoms with E-state index in [1.54, 1.807) is 11.3 Å². The second-order valence-electron chi connectivity index (χ2n) is 6.69. The van der Waals surface area contributed by atoms with Gasteiger partial charge in [-0.2, -0.15) is 0 Å². The molecule has 5 nitrogen and oxygen atoms in total. The maximum Gasteiger partial charge on any atom is 0.197 e. The first-order valence-corrected chi connectivity index (χ1v) is 10.3. The summed E-state index contributed by atoms with van der Waals surface area (Å²) in [6, 6.07) is 11.6. The minimum absolute atomic E-state index is 0.0583. The van der Waals surface area contributed by atoms with E-state index in [1.165, 1.54) is 0 Å². The summed E-state index contributed by atoms with van der Waals surface area (Å²) < 4.78 is 1.08. The molecule has 0 fully saturated rings. The minimum Gasteiger partial charge on any atom is -0.361 e. The van der Waals surface area contributed by atoms with Crippen LogP contribution < -0.4 is 10.7 Å². The van der Waals surface area contributed by atoms with Gasteiger partial charge >= 0.3 is 0 Å². The monoisotopic (exact) mass is 380 g/mol. The summed E-state index contributed by atoms with van der Waals surface area (Å²) >= 11 is 1.64. The van der Waals surface area contributed by atoms with Gasteiger partial charge in [-0.25, -0.2) is 4.98 Å². The fraction of sp³-hybridized carbons (Fsp3) is 0.333. The Labute approximate surface area is 162 Å². The first kappa shape index (κ1) is 17.9. The molecule has 0 bridgehead atoms. The molecule has 6 heteroatoms. The van der Waals surface area contributed by atoms with Gasteiger partial charge in [0.15, 0.2) is 10.6 Å². The number of nitrogens with one attached hydrogen (secondary N) is 2. The summed E-state index contributed by atoms with van der Waals surface area (Å²) in [5, 5.41) is 5.76. The molecule has 0 aliphatic heterocycles. The number of fused-ring (bicyclic) bond motifs is 3. The van der Waals surface area contributed by atoms with Gasteiger partial charge < -0.3 is 15.2 Å². The average Bonchev–Trinajstić information content (AvgIpc) is 3.08. The molecular formula is C21H24N4OS. The standard InChI is InChI=1S/C21H24N4OS/c1-3-25(4-2)11-7-10-22-21-24-18-12-15-17(13-19(18)27-21)23-16-9-6-5-8-14(16)20(15)26/h5-6,8-9,12-13H,3-4,7,10-11H2,1-2H3,(H,22,24)(H,23,26). The normalized spacial score (nSPS) is 11.8. The largest absolute Gasteiger partial charge is 0.361 e. The van der Waals surface area contributed by atoms with E-state index < -0.39 is 0 Å². The summed E-state index contributed by atoms with van der Waals surface area (Å²) in [5.41, 5.74) is 2.67. The van der Waals surface area contributed by atoms with Gasteiger partial charge in [0.2, 0.25) is 0 Å². The highest BCUT2D eigenvalue weighted by molar-refractivity contribution is 7.22. The highest BCUT2D eigenvalue weighted by Gasteiger charge is 2.10. The topological polar surface area (TPSA) is 61.0 Å². The van der Waals surface area contributed by atoms with E-state index in [4.69, 9.17) is 0 Å². The van der Waals surface area contributed by atoms with Gasteiger partial charge in [0, 0.05) is 22.8 Å². The lowest BCUT2D eigenvalue weighted by atomic mass is 10.1. The van der Waals surface area contributed by atoms with Crippen LogP contribution in [0.5, 0.6) is 0 Å². The molecule has 0 spiro atoms. The van der Waals surface area contributed by atoms with Crippen molar-refractivity contribution < 1.29 is 0 Å². The number of thiazole rings is 1. The fourth-order valence-electron chi connectivity index (χ4n) is 3.46. The third-order valence-corrected chi connectivity index (χ3v) is 6.01. The number of rotatable bonds is 7. The molecule has 0 radical (unpaired) electrons. The maximum absolute atomic E-state index is 12.8. The van der Waals surface area contributed by atoms with Gasteiger partial charge in [-0.05, 0) is 50.3 Å². The molecule has 2 aromatic heterocycles. The fourth-order valence-corrected chi connectivity index (χ4v) is 4.37. The molecule has 2 N–H and O–H groups in total. The molecule has 0 aliphatic rings. The Morgan fingerprint density at radius 1 is 1.11 bits per heavy atom. The lowest BCUT2D eigenvalue weighted by molar-refractivity contribution is 0.303. The molecule has 0 atom stereocenters. The predicted molar refractivity (Wildman–Crippen MR) is 116 cm³/mol. The maximum atomic E-state index is 12.8. The zero-order valence-electron chi connectivity index (χ0n) is 15.7. The van der Waals surface area contributed by atoms with Crippen molar-refractivity contribution in [3.05, 3.63) is 46.6 Å². The second kappa shape index (κ2) is 7.66. The van der Waals surface area contributed by atoms with Crippen LogP contribution in [0.15, 0.2) is 41.2 Å². The molecule has 27 heavy (non-hydrogen) atoms. The molecular weight excluding hydrogens is 356 g/mol. The van der Waals surface area contributed by atoms with Gasteiger partial charge in [0.25, 0.3) is 0 Å². The summed E-state index contributed by atoms with van der Waals surface area (Å²) in [4.78, 5) is 23.3. The van der Waals surface area contributed by atoms with E-state index in [2.05, 4.69) is 34.0 Å². The van der Waals surface area contributed by atoms with Crippen LogP contribution >= 0.6 is 11.3 Å². The van der Waals surface area contributed by atoms with Crippen molar-refractivity contribution in [3.63, 3.8) is 0 Å². The number of pyridine rings is 1. The highest BCUT2D eigenvalue weighted by atomic mass is 32.1. The molecule has 0 aliphatic carbocycles. The Morgan fingerprint density at radius 2 is 1.93 bits per heavy atom. The van der Waals surface area contributed by atoms with Crippen LogP contribution in [0.1, 0.15) is 20.3 Å². The molecule has 0 unspecified atom stereocenters. The van der Waals surface area contributed by atoms with Crippen LogP contribution in [-0.4, -0.2) is 41.0 Å². The van der Waals surface area contributed by atoms with Crippen molar-refractivity contribution in [3.8, 4) is 0 Å². The summed E-state index contributed by atoms with van der Waals surface area (Å²) in [5.74, 6) is 0. The van der Waals surface area contributed by atoms with Crippen LogP contribution in [0.3, 0.4) is 0 Å². The third kappa shape index (κ3) is 3.55. The van der Waals surface area contributed by atoms with Crippen molar-refractivity contribution in [2.24, 2.45) is 0 Å². The van der Waals surface area contributed by atoms with Crippen molar-refractivity contribution in [1.82, 2.24) is 14.9 Å². The smallest absolute Gasteiger partial charge is 0.197 e. The molecule has 0 saturated heterocycles. The number of para-hydroxylation sites is 1. The Morgan fingerprint density at radius 3 is 2.74 bits per heavy atom. The van der Waals surface area contributed by atoms with Crippen LogP contribution in [0.25, 0.3) is 32.0 Å². The lowest BCUT2D eigenvalue weighted by Gasteiger charge is -2.17. The summed E-state index contributed by atoms with van der Waals surface area (Å²) in [6.07, 6.45) is 1.09. The van der Waals surface area contributed by atoms with E-state index in [1.807, 2.05) is 36.4 Å². The van der Waals surface area contributed by atoms with Crippen molar-refractivity contribution in [2.75, 3.05) is 31.5 Å². The second-order valence-corrected chi connectivity index (χ2v) is 7.72. The first-order chi connectivity index (χ1) is 13.2. The third-order valence-electron chi connectivity index (χ3n) is 5.04. The van der Waals surface area contributed by atoms with E-state index in [0.29, 0.717) is 10.8 Å². The highest BCUT2D eigenvalue weighted by Crippen LogP contribution is 2.29. The van der Waals surface area contributed by atoms with Gasteiger partial charge in [-0.3, -0.25) is 4.79 Å². The Kier molecular flexibility index (Phi) is 5.09. The number of benzene rings is 2. The first-order valence-electron chi connectivity index (χ1n) is 9.51. The van der Waals surface area contributed by atoms with Crippen molar-refractivity contribution in [1.29, 1.82) is 0 Å². The molecule has 2 aromatic carbocycles. The van der Waals surface area contributed by atoms with Gasteiger partial charge in [0.1, 0.15) is 0 Å². The van der Waals surface area contributed by atoms with E-state index in [-0.39, 0.29) is 5.43 Å². The van der Waals surface area contributed by atoms with Gasteiger partial charge in [-0.15, -0.1) is 0 Å². The van der Waals surface area contributed by atoms with Crippen LogP contribution in [0, 0.1) is 0 Å². The molecule has 0 amide bonds. The van der Waals surface area contributed by atoms with Crippen LogP contribution in [0.2, 0.25) is 0 Å². The summed E-state index contributed by atoms with van der Waals surface area (Å²) in [6.45, 7) is 8.56. The number of hydrogen-bond acceptors (Lipinski definition) is 5. The van der Waals surface area contributed by atoms with Crippen LogP contribution in [0.4, 0.5) is 5.13 Å². The van der Waals surface area contributed by atoms with Crippen LogP contribution in [-0.2, 0) is 0 Å². The molecule has 140 valence electrons. The number of hydrogen-bond donors (Lipinski definition) is 2. The lowest BCUT2D eigenvalue weighted by Crippen LogP contribution is -2.25. The number of aromatic amines is 1. The molecule has 4 aromatic rings. The summed E-state index contributed by atoms with van der Waals surface area (Å²) in [7, 11) is 0. The zero-order chi connectivity index (χ0) is 18.8. The van der Waals surface area contributed by atoms with Gasteiger partial charge in [-0.1, -0.05) is 37.3 Å². The minimum atomic E-state index is 0.0583. The van der Waals surface area contributed by atoms with E-state index in [0.717, 1.165) is 59.0 Å². The van der Waals surface area contributed by atoms with E-state index in [9.17, 15) is 4.79 Å². The molecule has 4 rings (SSSR count). The zero-order valence-corrected chi connectivity index (χ0v) is 16.5. The number of nitrogens with zero attached hydrogens (tertiary/aromatic N) is 2. The Hall–Kier alpha value is -2.44. The average molecular weight is 381 g/mol. The molecule has 2 heterocycles. The van der Waals surface area contributed by atoms with E-state index >= 15 is 0 Å². The quantitative estimate of drug-likeness (QED) is 0.368. The number of anilines is 1. The van der Waals surface area contributed by atoms with Gasteiger partial charge in [0.05, 0.1) is 15.7 Å². The van der Waals surface area contributed by atoms with Crippen molar-refractivity contribution in [2.45, 2.75) is 20.3 Å². The number of H-pyrrole nitrogens is 1. The molecule has 0 saturated carbocycles. The SMILES string of the molecule is CCN(CC)CCCNc1nc2cc3c(=O)c4ccccc4[nH]c3cc2s1. The Bertz CT molecular complexity index is 1140. The number of aromatic nitrogens is 2. The van der Waals surface area contributed by atoms with Crippen molar-refractivity contribution >= 4 is 48.5 Å². The Balaban J connectivity index is 1.60. The predicted octanol–water partition coefficient (Wildman–Crippen LogP) is 4.43.